The highest BCUT2D eigenvalue weighted by Gasteiger charge is 2.26. The molecule has 0 spiro atoms. The number of hydrogen-bond donors (Lipinski definition) is 1. The van der Waals surface area contributed by atoms with Crippen molar-refractivity contribution < 1.29 is 18.0 Å². The van der Waals surface area contributed by atoms with Gasteiger partial charge < -0.3 is 14.6 Å². The fourth-order valence-electron chi connectivity index (χ4n) is 2.91. The van der Waals surface area contributed by atoms with Crippen LogP contribution in [-0.2, 0) is 4.79 Å². The molecule has 0 bridgehead atoms. The fraction of sp³-hybridized carbons (Fsp3) is 0.471. The minimum atomic E-state index is -2.28. The van der Waals surface area contributed by atoms with E-state index in [2.05, 4.69) is 15.5 Å². The predicted octanol–water partition coefficient (Wildman–Crippen LogP) is 3.04. The van der Waals surface area contributed by atoms with Crippen LogP contribution in [0.25, 0.3) is 11.5 Å². The second kappa shape index (κ2) is 8.04. The minimum absolute atomic E-state index is 0.0397. The highest BCUT2D eigenvalue weighted by molar-refractivity contribution is 5.80. The maximum atomic E-state index is 12.3. The molecule has 3 rings (SSSR count). The van der Waals surface area contributed by atoms with Crippen LogP contribution < -0.4 is 5.32 Å². The lowest BCUT2D eigenvalue weighted by atomic mass is 10.0. The molecule has 1 saturated heterocycles. The number of nitrogens with one attached hydrogen (secondary N) is 1. The molecule has 1 atom stereocenters. The van der Waals surface area contributed by atoms with E-state index < -0.39 is 6.43 Å². The summed E-state index contributed by atoms with van der Waals surface area (Å²) in [5.41, 5.74) is 0.802. The Hall–Kier alpha value is -2.51. The largest absolute Gasteiger partial charge is 0.403 e. The van der Waals surface area contributed by atoms with Gasteiger partial charge in [0.1, 0.15) is 0 Å². The van der Waals surface area contributed by atoms with Crippen molar-refractivity contribution in [2.24, 2.45) is 5.92 Å². The van der Waals surface area contributed by atoms with Gasteiger partial charge in [-0.1, -0.05) is 23.3 Å². The van der Waals surface area contributed by atoms with Crippen LogP contribution >= 0.6 is 0 Å². The SMILES string of the molecule is O=C(CNc1nnc(-c2ccccc2)o1)N1CCC(CCC(F)F)C1. The van der Waals surface area contributed by atoms with E-state index in [0.29, 0.717) is 25.4 Å². The summed E-state index contributed by atoms with van der Waals surface area (Å²) in [6.45, 7) is 1.18. The zero-order valence-corrected chi connectivity index (χ0v) is 13.7. The second-order valence-electron chi connectivity index (χ2n) is 6.09. The van der Waals surface area contributed by atoms with Crippen LogP contribution in [0.4, 0.5) is 14.8 Å². The van der Waals surface area contributed by atoms with Gasteiger partial charge in [0.25, 0.3) is 0 Å². The molecular weight excluding hydrogens is 330 g/mol. The fourth-order valence-corrected chi connectivity index (χ4v) is 2.91. The Labute approximate surface area is 144 Å². The van der Waals surface area contributed by atoms with E-state index in [4.69, 9.17) is 4.42 Å². The van der Waals surface area contributed by atoms with Crippen LogP contribution in [0.15, 0.2) is 34.7 Å². The highest BCUT2D eigenvalue weighted by atomic mass is 19.3. The summed E-state index contributed by atoms with van der Waals surface area (Å²) in [5, 5.41) is 10.6. The van der Waals surface area contributed by atoms with Crippen LogP contribution in [0.2, 0.25) is 0 Å². The van der Waals surface area contributed by atoms with Crippen LogP contribution in [0.5, 0.6) is 0 Å². The third-order valence-corrected chi connectivity index (χ3v) is 4.27. The van der Waals surface area contributed by atoms with Crippen LogP contribution in [-0.4, -0.2) is 47.1 Å². The number of alkyl halides is 2. The molecule has 25 heavy (non-hydrogen) atoms. The van der Waals surface area contributed by atoms with Crippen molar-refractivity contribution in [3.63, 3.8) is 0 Å². The second-order valence-corrected chi connectivity index (χ2v) is 6.09. The Morgan fingerprint density at radius 1 is 1.32 bits per heavy atom. The quantitative estimate of drug-likeness (QED) is 0.831. The zero-order valence-electron chi connectivity index (χ0n) is 13.7. The number of likely N-dealkylation sites (tertiary alicyclic amines) is 1. The average Bonchev–Trinajstić information content (AvgIpc) is 3.28. The first-order valence-corrected chi connectivity index (χ1v) is 8.30. The zero-order chi connectivity index (χ0) is 17.6. The molecule has 0 radical (unpaired) electrons. The van der Waals surface area contributed by atoms with Crippen LogP contribution in [0.3, 0.4) is 0 Å². The van der Waals surface area contributed by atoms with Crippen LogP contribution in [0, 0.1) is 5.92 Å². The summed E-state index contributed by atoms with van der Waals surface area (Å²) >= 11 is 0. The standard InChI is InChI=1S/C17H20F2N4O2/c18-14(19)7-6-12-8-9-23(11-12)15(24)10-20-17-22-21-16(25-17)13-4-2-1-3-5-13/h1-5,12,14H,6-11H2,(H,20,22). The molecule has 8 heteroatoms. The van der Waals surface area contributed by atoms with Crippen molar-refractivity contribution in [2.45, 2.75) is 25.7 Å². The molecular formula is C17H20F2N4O2. The Morgan fingerprint density at radius 2 is 2.12 bits per heavy atom. The number of rotatable bonds is 7. The Balaban J connectivity index is 1.46. The van der Waals surface area contributed by atoms with Crippen molar-refractivity contribution in [1.29, 1.82) is 0 Å². The van der Waals surface area contributed by atoms with Gasteiger partial charge in [-0.2, -0.15) is 0 Å². The van der Waals surface area contributed by atoms with E-state index in [1.54, 1.807) is 4.90 Å². The van der Waals surface area contributed by atoms with E-state index in [9.17, 15) is 13.6 Å². The maximum absolute atomic E-state index is 12.3. The number of carbonyl (C=O) groups excluding carboxylic acids is 1. The number of benzene rings is 1. The number of anilines is 1. The van der Waals surface area contributed by atoms with E-state index in [1.807, 2.05) is 30.3 Å². The molecule has 1 aromatic heterocycles. The third-order valence-electron chi connectivity index (χ3n) is 4.27. The van der Waals surface area contributed by atoms with E-state index >= 15 is 0 Å². The van der Waals surface area contributed by atoms with Gasteiger partial charge in [0.2, 0.25) is 18.2 Å². The number of aromatic nitrogens is 2. The number of amides is 1. The molecule has 1 N–H and O–H groups in total. The Bertz CT molecular complexity index is 693. The van der Waals surface area contributed by atoms with Gasteiger partial charge in [-0.3, -0.25) is 4.79 Å². The third kappa shape index (κ3) is 4.74. The molecule has 1 aromatic carbocycles. The van der Waals surface area contributed by atoms with Crippen molar-refractivity contribution in [1.82, 2.24) is 15.1 Å². The first kappa shape index (κ1) is 17.3. The molecule has 1 aliphatic heterocycles. The van der Waals surface area contributed by atoms with Gasteiger partial charge in [-0.25, -0.2) is 8.78 Å². The first-order valence-electron chi connectivity index (χ1n) is 8.30. The smallest absolute Gasteiger partial charge is 0.316 e. The summed E-state index contributed by atoms with van der Waals surface area (Å²) in [5.74, 6) is 0.439. The first-order chi connectivity index (χ1) is 12.1. The molecule has 0 aliphatic carbocycles. The van der Waals surface area contributed by atoms with Gasteiger partial charge in [0.05, 0.1) is 6.54 Å². The Kier molecular flexibility index (Phi) is 5.57. The van der Waals surface area contributed by atoms with Crippen molar-refractivity contribution in [2.75, 3.05) is 25.0 Å². The van der Waals surface area contributed by atoms with Gasteiger partial charge in [-0.15, -0.1) is 5.10 Å². The number of hydrogen-bond acceptors (Lipinski definition) is 5. The predicted molar refractivity (Wildman–Crippen MR) is 88.1 cm³/mol. The molecule has 2 aromatic rings. The van der Waals surface area contributed by atoms with E-state index in [0.717, 1.165) is 12.0 Å². The lowest BCUT2D eigenvalue weighted by Gasteiger charge is -2.16. The average molecular weight is 350 g/mol. The lowest BCUT2D eigenvalue weighted by Crippen LogP contribution is -2.33. The Morgan fingerprint density at radius 3 is 2.88 bits per heavy atom. The van der Waals surface area contributed by atoms with Gasteiger partial charge in [0.15, 0.2) is 0 Å². The normalized spacial score (nSPS) is 17.2. The molecule has 1 unspecified atom stereocenters. The highest BCUT2D eigenvalue weighted by Crippen LogP contribution is 2.23. The van der Waals surface area contributed by atoms with Crippen LogP contribution in [0.1, 0.15) is 19.3 Å². The van der Waals surface area contributed by atoms with E-state index in [-0.39, 0.29) is 30.8 Å². The topological polar surface area (TPSA) is 71.3 Å². The summed E-state index contributed by atoms with van der Waals surface area (Å²) in [6.07, 6.45) is -1.14. The number of carbonyl (C=O) groups is 1. The summed E-state index contributed by atoms with van der Waals surface area (Å²) < 4.78 is 30.0. The molecule has 1 fully saturated rings. The monoisotopic (exact) mass is 350 g/mol. The molecule has 6 nitrogen and oxygen atoms in total. The van der Waals surface area contributed by atoms with Gasteiger partial charge >= 0.3 is 6.01 Å². The van der Waals surface area contributed by atoms with Crippen molar-refractivity contribution in [3.05, 3.63) is 30.3 Å². The lowest BCUT2D eigenvalue weighted by molar-refractivity contribution is -0.128. The molecule has 134 valence electrons. The molecule has 1 aliphatic rings. The number of nitrogens with zero attached hydrogens (tertiary/aromatic N) is 3. The molecule has 0 saturated carbocycles. The summed E-state index contributed by atoms with van der Waals surface area (Å²) in [4.78, 5) is 13.9. The number of halogens is 2. The maximum Gasteiger partial charge on any atom is 0.316 e. The summed E-state index contributed by atoms with van der Waals surface area (Å²) in [7, 11) is 0. The van der Waals surface area contributed by atoms with Gasteiger partial charge in [0, 0.05) is 25.1 Å². The minimum Gasteiger partial charge on any atom is -0.403 e. The van der Waals surface area contributed by atoms with Crippen molar-refractivity contribution in [3.8, 4) is 11.5 Å². The molecule has 2 heterocycles. The van der Waals surface area contributed by atoms with E-state index in [1.165, 1.54) is 0 Å². The molecule has 1 amide bonds. The summed E-state index contributed by atoms with van der Waals surface area (Å²) in [6, 6.07) is 9.52. The van der Waals surface area contributed by atoms with Crippen molar-refractivity contribution >= 4 is 11.9 Å². The van der Waals surface area contributed by atoms with Gasteiger partial charge in [-0.05, 0) is 30.9 Å².